The molecule has 74 valence electrons. The lowest BCUT2D eigenvalue weighted by Crippen LogP contribution is -1.98. The molecule has 6 heteroatoms. The molecule has 0 atom stereocenters. The lowest BCUT2D eigenvalue weighted by molar-refractivity contribution is 0.596. The molecule has 14 heavy (non-hydrogen) atoms. The van der Waals surface area contributed by atoms with Crippen molar-refractivity contribution in [2.45, 2.75) is 12.7 Å². The van der Waals surface area contributed by atoms with E-state index in [0.717, 1.165) is 5.56 Å². The standard InChI is InChI=1S/C8H9N3O2S/c1-7-2-4-8(5-3-7)6-14(12,13)11-10-9/h2-5H,6H2,1H3. The van der Waals surface area contributed by atoms with Gasteiger partial charge >= 0.3 is 0 Å². The van der Waals surface area contributed by atoms with Gasteiger partial charge in [0, 0.05) is 9.43 Å². The van der Waals surface area contributed by atoms with Crippen LogP contribution in [-0.4, -0.2) is 8.42 Å². The number of aryl methyl sites for hydroxylation is 1. The minimum atomic E-state index is -3.69. The van der Waals surface area contributed by atoms with Crippen LogP contribution < -0.4 is 0 Å². The third kappa shape index (κ3) is 3.08. The smallest absolute Gasteiger partial charge is 0.221 e. The van der Waals surface area contributed by atoms with Crippen molar-refractivity contribution >= 4 is 10.0 Å². The fourth-order valence-electron chi connectivity index (χ4n) is 0.979. The Morgan fingerprint density at radius 1 is 1.36 bits per heavy atom. The number of hydrogen-bond donors (Lipinski definition) is 0. The second-order valence-corrected chi connectivity index (χ2v) is 4.50. The minimum Gasteiger partial charge on any atom is -0.221 e. The second-order valence-electron chi connectivity index (χ2n) is 2.88. The van der Waals surface area contributed by atoms with Crippen LogP contribution in [0.5, 0.6) is 0 Å². The van der Waals surface area contributed by atoms with Crippen LogP contribution in [0.3, 0.4) is 0 Å². The van der Waals surface area contributed by atoms with E-state index in [1.165, 1.54) is 0 Å². The lowest BCUT2D eigenvalue weighted by atomic mass is 10.2. The first kappa shape index (κ1) is 10.6. The normalized spacial score (nSPS) is 10.6. The minimum absolute atomic E-state index is 0.253. The average molecular weight is 211 g/mol. The Hall–Kier alpha value is -1.52. The molecule has 1 aromatic rings. The molecular weight excluding hydrogens is 202 g/mol. The number of sulfonamides is 1. The zero-order valence-corrected chi connectivity index (χ0v) is 8.40. The van der Waals surface area contributed by atoms with Crippen molar-refractivity contribution < 1.29 is 8.42 Å². The van der Waals surface area contributed by atoms with Crippen LogP contribution in [0.15, 0.2) is 28.8 Å². The van der Waals surface area contributed by atoms with Crippen LogP contribution >= 0.6 is 0 Å². The van der Waals surface area contributed by atoms with Crippen LogP contribution in [0.2, 0.25) is 0 Å². The Morgan fingerprint density at radius 2 is 1.93 bits per heavy atom. The molecule has 0 aliphatic carbocycles. The van der Waals surface area contributed by atoms with Gasteiger partial charge in [-0.15, -0.1) is 0 Å². The second kappa shape index (κ2) is 4.13. The maximum absolute atomic E-state index is 11.1. The Morgan fingerprint density at radius 3 is 2.43 bits per heavy atom. The van der Waals surface area contributed by atoms with Gasteiger partial charge < -0.3 is 0 Å². The van der Waals surface area contributed by atoms with E-state index >= 15 is 0 Å². The predicted octanol–water partition coefficient (Wildman–Crippen LogP) is 2.14. The molecule has 0 radical (unpaired) electrons. The summed E-state index contributed by atoms with van der Waals surface area (Å²) in [6.45, 7) is 1.91. The molecule has 0 bridgehead atoms. The largest absolute Gasteiger partial charge is 0.239 e. The molecule has 1 aromatic carbocycles. The highest BCUT2D eigenvalue weighted by Gasteiger charge is 2.08. The van der Waals surface area contributed by atoms with E-state index in [9.17, 15) is 8.42 Å². The van der Waals surface area contributed by atoms with Gasteiger partial charge in [0.1, 0.15) is 0 Å². The summed E-state index contributed by atoms with van der Waals surface area (Å²) in [7, 11) is -3.69. The lowest BCUT2D eigenvalue weighted by Gasteiger charge is -1.98. The highest BCUT2D eigenvalue weighted by atomic mass is 32.2. The van der Waals surface area contributed by atoms with E-state index in [2.05, 4.69) is 9.43 Å². The Kier molecular flexibility index (Phi) is 3.11. The SMILES string of the molecule is Cc1ccc(CS(=O)(=O)N=[N+]=[N-])cc1. The molecule has 0 aliphatic rings. The Balaban J connectivity index is 2.90. The molecule has 0 amide bonds. The van der Waals surface area contributed by atoms with Crippen LogP contribution in [0, 0.1) is 6.92 Å². The monoisotopic (exact) mass is 211 g/mol. The quantitative estimate of drug-likeness (QED) is 0.436. The number of rotatable bonds is 3. The van der Waals surface area contributed by atoms with Gasteiger partial charge in [0.25, 0.3) is 0 Å². The van der Waals surface area contributed by atoms with Gasteiger partial charge in [0.2, 0.25) is 10.0 Å². The predicted molar refractivity (Wildman–Crippen MR) is 52.9 cm³/mol. The first-order chi connectivity index (χ1) is 6.53. The Labute approximate surface area is 82.1 Å². The van der Waals surface area contributed by atoms with E-state index in [1.54, 1.807) is 24.3 Å². The number of benzene rings is 1. The van der Waals surface area contributed by atoms with E-state index in [-0.39, 0.29) is 5.75 Å². The summed E-state index contributed by atoms with van der Waals surface area (Å²) in [6.07, 6.45) is 0. The van der Waals surface area contributed by atoms with Crippen molar-refractivity contribution in [2.24, 2.45) is 4.52 Å². The van der Waals surface area contributed by atoms with Gasteiger partial charge in [0.15, 0.2) is 0 Å². The molecule has 0 spiro atoms. The molecular formula is C8H9N3O2S. The molecule has 0 N–H and O–H groups in total. The number of hydrogen-bond acceptors (Lipinski definition) is 2. The molecule has 0 saturated carbocycles. The van der Waals surface area contributed by atoms with Gasteiger partial charge in [-0.2, -0.15) is 0 Å². The van der Waals surface area contributed by atoms with Crippen molar-refractivity contribution in [3.05, 3.63) is 45.8 Å². The Bertz CT molecular complexity index is 458. The van der Waals surface area contributed by atoms with Gasteiger partial charge in [-0.3, -0.25) is 0 Å². The van der Waals surface area contributed by atoms with Crippen LogP contribution in [0.1, 0.15) is 11.1 Å². The van der Waals surface area contributed by atoms with Crippen molar-refractivity contribution in [1.82, 2.24) is 0 Å². The van der Waals surface area contributed by atoms with Crippen LogP contribution in [-0.2, 0) is 15.8 Å². The van der Waals surface area contributed by atoms with Crippen molar-refractivity contribution in [3.8, 4) is 0 Å². The third-order valence-electron chi connectivity index (χ3n) is 1.63. The van der Waals surface area contributed by atoms with Gasteiger partial charge in [-0.25, -0.2) is 8.42 Å². The van der Waals surface area contributed by atoms with E-state index in [4.69, 9.17) is 5.53 Å². The molecule has 0 fully saturated rings. The first-order valence-corrected chi connectivity index (χ1v) is 5.49. The average Bonchev–Trinajstić information content (AvgIpc) is 2.08. The third-order valence-corrected chi connectivity index (χ3v) is 2.65. The van der Waals surface area contributed by atoms with Crippen LogP contribution in [0.4, 0.5) is 0 Å². The van der Waals surface area contributed by atoms with Gasteiger partial charge in [0.05, 0.1) is 5.75 Å². The summed E-state index contributed by atoms with van der Waals surface area (Å²) in [5, 5.41) is 0. The van der Waals surface area contributed by atoms with Crippen molar-refractivity contribution in [1.29, 1.82) is 0 Å². The maximum Gasteiger partial charge on any atom is 0.239 e. The first-order valence-electron chi connectivity index (χ1n) is 3.88. The number of nitrogens with zero attached hydrogens (tertiary/aromatic N) is 3. The molecule has 5 nitrogen and oxygen atoms in total. The zero-order valence-electron chi connectivity index (χ0n) is 7.58. The summed E-state index contributed by atoms with van der Waals surface area (Å²) in [6, 6.07) is 7.00. The summed E-state index contributed by atoms with van der Waals surface area (Å²) < 4.78 is 24.9. The summed E-state index contributed by atoms with van der Waals surface area (Å²) in [5.74, 6) is -0.253. The summed E-state index contributed by atoms with van der Waals surface area (Å²) in [4.78, 5) is 2.26. The molecule has 0 aromatic heterocycles. The summed E-state index contributed by atoms with van der Waals surface area (Å²) in [5.41, 5.74) is 9.67. The molecule has 0 unspecified atom stereocenters. The fraction of sp³-hybridized carbons (Fsp3) is 0.250. The van der Waals surface area contributed by atoms with Crippen molar-refractivity contribution in [2.75, 3.05) is 0 Å². The van der Waals surface area contributed by atoms with Gasteiger partial charge in [-0.1, -0.05) is 29.8 Å². The maximum atomic E-state index is 11.1. The zero-order chi connectivity index (χ0) is 10.6. The van der Waals surface area contributed by atoms with E-state index < -0.39 is 10.0 Å². The topological polar surface area (TPSA) is 82.9 Å². The number of azide groups is 1. The van der Waals surface area contributed by atoms with E-state index in [1.807, 2.05) is 6.92 Å². The highest BCUT2D eigenvalue weighted by Crippen LogP contribution is 2.08. The summed E-state index contributed by atoms with van der Waals surface area (Å²) >= 11 is 0. The molecule has 0 aliphatic heterocycles. The van der Waals surface area contributed by atoms with Gasteiger partial charge in [-0.05, 0) is 18.0 Å². The van der Waals surface area contributed by atoms with Crippen LogP contribution in [0.25, 0.3) is 10.4 Å². The fourth-order valence-corrected chi connectivity index (χ4v) is 1.76. The molecule has 0 heterocycles. The highest BCUT2D eigenvalue weighted by molar-refractivity contribution is 7.89. The van der Waals surface area contributed by atoms with E-state index in [0.29, 0.717) is 5.56 Å². The molecule has 1 rings (SSSR count). The van der Waals surface area contributed by atoms with Crippen molar-refractivity contribution in [3.63, 3.8) is 0 Å². The molecule has 0 saturated heterocycles.